The highest BCUT2D eigenvalue weighted by Gasteiger charge is 2.34. The lowest BCUT2D eigenvalue weighted by Gasteiger charge is -2.13. The second kappa shape index (κ2) is 5.80. The zero-order chi connectivity index (χ0) is 17.4. The SMILES string of the molecule is Cc1[nH]n(C(=N)N)c(=O)c1CCCN1C(=O)c2ccccc2C1=O. The van der Waals surface area contributed by atoms with Crippen LogP contribution in [0, 0.1) is 12.3 Å². The first kappa shape index (κ1) is 15.7. The fourth-order valence-corrected chi connectivity index (χ4v) is 2.90. The molecule has 2 heterocycles. The summed E-state index contributed by atoms with van der Waals surface area (Å²) in [7, 11) is 0. The van der Waals surface area contributed by atoms with Crippen LogP contribution in [0.1, 0.15) is 38.4 Å². The summed E-state index contributed by atoms with van der Waals surface area (Å²) in [5.41, 5.74) is 6.91. The number of fused-ring (bicyclic) bond motifs is 1. The first-order valence-corrected chi connectivity index (χ1v) is 7.52. The number of carbonyl (C=O) groups is 2. The van der Waals surface area contributed by atoms with Crippen molar-refractivity contribution in [3.05, 3.63) is 57.0 Å². The Balaban J connectivity index is 1.71. The van der Waals surface area contributed by atoms with Gasteiger partial charge in [0.1, 0.15) is 0 Å². The third kappa shape index (κ3) is 2.41. The summed E-state index contributed by atoms with van der Waals surface area (Å²) in [6, 6.07) is 6.72. The first-order chi connectivity index (χ1) is 11.4. The largest absolute Gasteiger partial charge is 0.368 e. The standard InChI is InChI=1S/C16H17N5O3/c1-9-10(15(24)21(19-9)16(17)18)7-4-8-20-13(22)11-5-2-3-6-12(11)14(20)23/h2-3,5-6,19H,4,7-8H2,1H3,(H3,17,18). The van der Waals surface area contributed by atoms with Gasteiger partial charge in [0, 0.05) is 17.8 Å². The highest BCUT2D eigenvalue weighted by atomic mass is 16.2. The molecule has 0 fully saturated rings. The Morgan fingerprint density at radius 2 is 1.75 bits per heavy atom. The molecule has 0 radical (unpaired) electrons. The van der Waals surface area contributed by atoms with Crippen LogP contribution < -0.4 is 11.3 Å². The van der Waals surface area contributed by atoms with Crippen LogP contribution in [0.25, 0.3) is 0 Å². The van der Waals surface area contributed by atoms with Crippen LogP contribution in [0.2, 0.25) is 0 Å². The fraction of sp³-hybridized carbons (Fsp3) is 0.250. The van der Waals surface area contributed by atoms with E-state index in [9.17, 15) is 14.4 Å². The summed E-state index contributed by atoms with van der Waals surface area (Å²) < 4.78 is 0.965. The summed E-state index contributed by atoms with van der Waals surface area (Å²) >= 11 is 0. The Hall–Kier alpha value is -3.16. The number of benzene rings is 1. The number of nitrogens with zero attached hydrogens (tertiary/aromatic N) is 2. The quantitative estimate of drug-likeness (QED) is 0.428. The van der Waals surface area contributed by atoms with E-state index >= 15 is 0 Å². The molecule has 0 atom stereocenters. The summed E-state index contributed by atoms with van der Waals surface area (Å²) in [6.07, 6.45) is 0.839. The molecule has 0 saturated heterocycles. The summed E-state index contributed by atoms with van der Waals surface area (Å²) in [5, 5.41) is 10.1. The number of nitrogen functional groups attached to an aromatic ring is 1. The molecule has 1 aliphatic heterocycles. The Labute approximate surface area is 137 Å². The van der Waals surface area contributed by atoms with Gasteiger partial charge in [-0.25, -0.2) is 0 Å². The van der Waals surface area contributed by atoms with E-state index in [1.165, 1.54) is 4.90 Å². The molecule has 2 amide bonds. The van der Waals surface area contributed by atoms with Gasteiger partial charge in [-0.05, 0) is 31.9 Å². The number of aromatic nitrogens is 2. The zero-order valence-electron chi connectivity index (χ0n) is 13.1. The second-order valence-electron chi connectivity index (χ2n) is 5.65. The Morgan fingerprint density at radius 1 is 1.17 bits per heavy atom. The van der Waals surface area contributed by atoms with Crippen molar-refractivity contribution in [2.45, 2.75) is 19.8 Å². The number of H-pyrrole nitrogens is 1. The lowest BCUT2D eigenvalue weighted by molar-refractivity contribution is 0.0652. The van der Waals surface area contributed by atoms with Crippen LogP contribution in [0.4, 0.5) is 0 Å². The van der Waals surface area contributed by atoms with E-state index in [0.717, 1.165) is 4.68 Å². The molecular formula is C16H17N5O3. The minimum Gasteiger partial charge on any atom is -0.368 e. The molecule has 1 aliphatic rings. The molecule has 0 aliphatic carbocycles. The van der Waals surface area contributed by atoms with Crippen molar-refractivity contribution < 1.29 is 9.59 Å². The third-order valence-corrected chi connectivity index (χ3v) is 4.12. The van der Waals surface area contributed by atoms with Crippen LogP contribution in [-0.2, 0) is 6.42 Å². The van der Waals surface area contributed by atoms with E-state index in [-0.39, 0.29) is 29.9 Å². The lowest BCUT2D eigenvalue weighted by atomic mass is 10.1. The summed E-state index contributed by atoms with van der Waals surface area (Å²) in [5.74, 6) is -0.986. The Morgan fingerprint density at radius 3 is 2.25 bits per heavy atom. The normalized spacial score (nSPS) is 13.5. The number of nitrogens with one attached hydrogen (secondary N) is 2. The highest BCUT2D eigenvalue weighted by molar-refractivity contribution is 6.21. The van der Waals surface area contributed by atoms with Crippen molar-refractivity contribution in [2.24, 2.45) is 5.73 Å². The number of nitrogens with two attached hydrogens (primary N) is 1. The minimum atomic E-state index is -0.380. The van der Waals surface area contributed by atoms with Crippen molar-refractivity contribution in [2.75, 3.05) is 6.54 Å². The number of imide groups is 1. The maximum absolute atomic E-state index is 12.3. The predicted molar refractivity (Wildman–Crippen MR) is 87.2 cm³/mol. The van der Waals surface area contributed by atoms with Crippen molar-refractivity contribution >= 4 is 17.8 Å². The van der Waals surface area contributed by atoms with Crippen LogP contribution in [0.3, 0.4) is 0 Å². The summed E-state index contributed by atoms with van der Waals surface area (Å²) in [4.78, 5) is 37.9. The van der Waals surface area contributed by atoms with E-state index in [2.05, 4.69) is 5.10 Å². The molecule has 24 heavy (non-hydrogen) atoms. The van der Waals surface area contributed by atoms with E-state index < -0.39 is 0 Å². The van der Waals surface area contributed by atoms with Gasteiger partial charge in [0.2, 0.25) is 5.96 Å². The van der Waals surface area contributed by atoms with Crippen LogP contribution in [0.5, 0.6) is 0 Å². The molecule has 1 aromatic carbocycles. The number of aromatic amines is 1. The molecule has 2 aromatic rings. The monoisotopic (exact) mass is 327 g/mol. The van der Waals surface area contributed by atoms with Crippen molar-refractivity contribution in [1.82, 2.24) is 14.7 Å². The number of aryl methyl sites for hydroxylation is 1. The smallest absolute Gasteiger partial charge is 0.277 e. The molecule has 0 spiro atoms. The highest BCUT2D eigenvalue weighted by Crippen LogP contribution is 2.22. The second-order valence-corrected chi connectivity index (χ2v) is 5.65. The number of rotatable bonds is 4. The van der Waals surface area contributed by atoms with Crippen LogP contribution in [-0.4, -0.2) is 39.0 Å². The van der Waals surface area contributed by atoms with E-state index in [0.29, 0.717) is 35.2 Å². The predicted octanol–water partition coefficient (Wildman–Crippen LogP) is 0.455. The average molecular weight is 327 g/mol. The number of carbonyl (C=O) groups excluding carboxylic acids is 2. The van der Waals surface area contributed by atoms with Crippen molar-refractivity contribution in [3.8, 4) is 0 Å². The van der Waals surface area contributed by atoms with E-state index in [1.807, 2.05) is 0 Å². The molecule has 0 bridgehead atoms. The Kier molecular flexibility index (Phi) is 3.80. The molecule has 0 unspecified atom stereocenters. The topological polar surface area (TPSA) is 125 Å². The lowest BCUT2D eigenvalue weighted by Crippen LogP contribution is -2.33. The number of amides is 2. The molecule has 124 valence electrons. The molecular weight excluding hydrogens is 310 g/mol. The minimum absolute atomic E-state index is 0.233. The maximum atomic E-state index is 12.3. The molecule has 8 heteroatoms. The molecule has 3 rings (SSSR count). The maximum Gasteiger partial charge on any atom is 0.277 e. The van der Waals surface area contributed by atoms with E-state index in [1.54, 1.807) is 31.2 Å². The van der Waals surface area contributed by atoms with Gasteiger partial charge < -0.3 is 5.73 Å². The van der Waals surface area contributed by atoms with Gasteiger partial charge in [-0.3, -0.25) is 29.8 Å². The van der Waals surface area contributed by atoms with Gasteiger partial charge in [0.05, 0.1) is 11.1 Å². The molecule has 8 nitrogen and oxygen atoms in total. The Bertz CT molecular complexity index is 874. The van der Waals surface area contributed by atoms with Gasteiger partial charge in [-0.2, -0.15) is 4.68 Å². The number of hydrogen-bond acceptors (Lipinski definition) is 4. The van der Waals surface area contributed by atoms with Crippen LogP contribution >= 0.6 is 0 Å². The molecule has 0 saturated carbocycles. The number of hydrogen-bond donors (Lipinski definition) is 3. The van der Waals surface area contributed by atoms with Gasteiger partial charge >= 0.3 is 0 Å². The molecule has 1 aromatic heterocycles. The average Bonchev–Trinajstić information content (AvgIpc) is 2.97. The zero-order valence-corrected chi connectivity index (χ0v) is 13.1. The van der Waals surface area contributed by atoms with Crippen LogP contribution in [0.15, 0.2) is 29.1 Å². The van der Waals surface area contributed by atoms with Gasteiger partial charge in [-0.15, -0.1) is 0 Å². The third-order valence-electron chi connectivity index (χ3n) is 4.12. The van der Waals surface area contributed by atoms with Gasteiger partial charge in [0.15, 0.2) is 0 Å². The summed E-state index contributed by atoms with van der Waals surface area (Å²) in [6.45, 7) is 1.95. The molecule has 4 N–H and O–H groups in total. The van der Waals surface area contributed by atoms with E-state index in [4.69, 9.17) is 11.1 Å². The van der Waals surface area contributed by atoms with Gasteiger partial charge in [-0.1, -0.05) is 12.1 Å². The van der Waals surface area contributed by atoms with Crippen molar-refractivity contribution in [3.63, 3.8) is 0 Å². The first-order valence-electron chi connectivity index (χ1n) is 7.52. The van der Waals surface area contributed by atoms with Gasteiger partial charge in [0.25, 0.3) is 17.4 Å². The van der Waals surface area contributed by atoms with Crippen molar-refractivity contribution in [1.29, 1.82) is 5.41 Å². The fourth-order valence-electron chi connectivity index (χ4n) is 2.90.